The zero-order valence-electron chi connectivity index (χ0n) is 10.1. The van der Waals surface area contributed by atoms with Gasteiger partial charge in [-0.2, -0.15) is 0 Å². The lowest BCUT2D eigenvalue weighted by Crippen LogP contribution is -1.98. The smallest absolute Gasteiger partial charge is 0.243 e. The van der Waals surface area contributed by atoms with Gasteiger partial charge in [0.15, 0.2) is 11.5 Å². The maximum absolute atomic E-state index is 10.6. The monoisotopic (exact) mass is 237 g/mol. The van der Waals surface area contributed by atoms with Gasteiger partial charge in [-0.15, -0.1) is 0 Å². The van der Waals surface area contributed by atoms with Crippen molar-refractivity contribution in [2.75, 3.05) is 13.7 Å². The number of para-hydroxylation sites is 1. The van der Waals surface area contributed by atoms with E-state index >= 15 is 0 Å². The Balaban J connectivity index is 3.20. The Hall–Kier alpha value is -2.04. The van der Waals surface area contributed by atoms with Crippen molar-refractivity contribution < 1.29 is 14.4 Å². The van der Waals surface area contributed by atoms with Crippen molar-refractivity contribution in [3.8, 4) is 11.5 Å². The van der Waals surface area contributed by atoms with Gasteiger partial charge in [0.25, 0.3) is 0 Å². The van der Waals surface area contributed by atoms with Crippen LogP contribution < -0.4 is 9.47 Å². The minimum Gasteiger partial charge on any atom is -0.492 e. The molecule has 17 heavy (non-hydrogen) atoms. The summed E-state index contributed by atoms with van der Waals surface area (Å²) in [7, 11) is 1.51. The molecular weight excluding hydrogens is 222 g/mol. The zero-order valence-corrected chi connectivity index (χ0v) is 10.1. The van der Waals surface area contributed by atoms with Crippen LogP contribution in [0, 0.1) is 10.1 Å². The molecule has 0 amide bonds. The molecule has 1 rings (SSSR count). The third kappa shape index (κ3) is 3.21. The fraction of sp³-hybridized carbons (Fsp3) is 0.333. The molecular formula is C12H15NO4. The number of benzene rings is 1. The first kappa shape index (κ1) is 13.0. The first-order valence-corrected chi connectivity index (χ1v) is 5.22. The van der Waals surface area contributed by atoms with E-state index in [-0.39, 0.29) is 5.70 Å². The molecule has 0 saturated carbocycles. The quantitative estimate of drug-likeness (QED) is 0.583. The van der Waals surface area contributed by atoms with Crippen LogP contribution in [-0.4, -0.2) is 18.6 Å². The lowest BCUT2D eigenvalue weighted by Gasteiger charge is -2.11. The van der Waals surface area contributed by atoms with Crippen molar-refractivity contribution in [1.82, 2.24) is 0 Å². The van der Waals surface area contributed by atoms with E-state index in [1.165, 1.54) is 20.1 Å². The van der Waals surface area contributed by atoms with E-state index in [0.29, 0.717) is 23.7 Å². The molecule has 1 aromatic rings. The maximum Gasteiger partial charge on any atom is 0.243 e. The van der Waals surface area contributed by atoms with Crippen LogP contribution in [0.1, 0.15) is 19.4 Å². The zero-order chi connectivity index (χ0) is 12.8. The lowest BCUT2D eigenvalue weighted by molar-refractivity contribution is -0.422. The Morgan fingerprint density at radius 1 is 1.53 bits per heavy atom. The average molecular weight is 237 g/mol. The molecule has 0 N–H and O–H groups in total. The second kappa shape index (κ2) is 5.89. The van der Waals surface area contributed by atoms with Gasteiger partial charge in [-0.05, 0) is 13.0 Å². The summed E-state index contributed by atoms with van der Waals surface area (Å²) in [6.45, 7) is 3.81. The normalized spacial score (nSPS) is 11.1. The summed E-state index contributed by atoms with van der Waals surface area (Å²) in [5.74, 6) is 1.09. The van der Waals surface area contributed by atoms with Crippen LogP contribution in [-0.2, 0) is 0 Å². The number of hydrogen-bond acceptors (Lipinski definition) is 4. The van der Waals surface area contributed by atoms with Gasteiger partial charge in [0.05, 0.1) is 18.6 Å². The topological polar surface area (TPSA) is 61.6 Å². The Bertz CT molecular complexity index is 440. The van der Waals surface area contributed by atoms with Crippen LogP contribution in [0.25, 0.3) is 6.08 Å². The van der Waals surface area contributed by atoms with E-state index in [1.54, 1.807) is 18.2 Å². The molecule has 5 heteroatoms. The first-order valence-electron chi connectivity index (χ1n) is 5.22. The van der Waals surface area contributed by atoms with Gasteiger partial charge >= 0.3 is 0 Å². The third-order valence-electron chi connectivity index (χ3n) is 2.17. The molecule has 5 nitrogen and oxygen atoms in total. The van der Waals surface area contributed by atoms with Gasteiger partial charge < -0.3 is 9.47 Å². The number of ether oxygens (including phenoxy) is 2. The van der Waals surface area contributed by atoms with E-state index in [1.807, 2.05) is 6.92 Å². The van der Waals surface area contributed by atoms with Crippen molar-refractivity contribution in [3.05, 3.63) is 39.6 Å². The summed E-state index contributed by atoms with van der Waals surface area (Å²) in [5, 5.41) is 10.6. The van der Waals surface area contributed by atoms with Crippen LogP contribution in [0.5, 0.6) is 11.5 Å². The van der Waals surface area contributed by atoms with Crippen LogP contribution in [0.3, 0.4) is 0 Å². The van der Waals surface area contributed by atoms with Gasteiger partial charge in [0.2, 0.25) is 5.70 Å². The Kier molecular flexibility index (Phi) is 4.51. The van der Waals surface area contributed by atoms with Gasteiger partial charge in [-0.1, -0.05) is 12.1 Å². The highest BCUT2D eigenvalue weighted by atomic mass is 16.6. The number of methoxy groups -OCH3 is 1. The second-order valence-corrected chi connectivity index (χ2v) is 3.35. The van der Waals surface area contributed by atoms with Gasteiger partial charge in [-0.25, -0.2) is 0 Å². The van der Waals surface area contributed by atoms with E-state index in [4.69, 9.17) is 9.47 Å². The van der Waals surface area contributed by atoms with E-state index in [9.17, 15) is 10.1 Å². The van der Waals surface area contributed by atoms with E-state index in [0.717, 1.165) is 0 Å². The summed E-state index contributed by atoms with van der Waals surface area (Å²) >= 11 is 0. The number of nitrogens with zero attached hydrogens (tertiary/aromatic N) is 1. The molecule has 0 saturated heterocycles. The van der Waals surface area contributed by atoms with Gasteiger partial charge in [0, 0.05) is 18.6 Å². The summed E-state index contributed by atoms with van der Waals surface area (Å²) < 4.78 is 10.6. The molecule has 1 aromatic carbocycles. The molecule has 0 radical (unpaired) electrons. The largest absolute Gasteiger partial charge is 0.492 e. The van der Waals surface area contributed by atoms with Crippen LogP contribution in [0.15, 0.2) is 23.9 Å². The molecule has 0 aliphatic rings. The van der Waals surface area contributed by atoms with Crippen LogP contribution in [0.2, 0.25) is 0 Å². The fourth-order valence-corrected chi connectivity index (χ4v) is 1.41. The van der Waals surface area contributed by atoms with Crippen molar-refractivity contribution in [3.63, 3.8) is 0 Å². The molecule has 0 unspecified atom stereocenters. The summed E-state index contributed by atoms with van der Waals surface area (Å²) in [5.41, 5.74) is 0.685. The minimum absolute atomic E-state index is 0.0527. The van der Waals surface area contributed by atoms with Gasteiger partial charge in [0.1, 0.15) is 0 Å². The fourth-order valence-electron chi connectivity index (χ4n) is 1.41. The first-order chi connectivity index (χ1) is 8.10. The number of nitro groups is 1. The Labute approximate surface area is 99.8 Å². The lowest BCUT2D eigenvalue weighted by atomic mass is 10.1. The Morgan fingerprint density at radius 3 is 2.76 bits per heavy atom. The second-order valence-electron chi connectivity index (χ2n) is 3.35. The Morgan fingerprint density at radius 2 is 2.24 bits per heavy atom. The molecule has 0 spiro atoms. The summed E-state index contributed by atoms with van der Waals surface area (Å²) in [6.07, 6.45) is 1.46. The third-order valence-corrected chi connectivity index (χ3v) is 2.17. The number of rotatable bonds is 5. The van der Waals surface area contributed by atoms with Crippen LogP contribution >= 0.6 is 0 Å². The number of allylic oxidation sites excluding steroid dienone is 1. The molecule has 0 heterocycles. The molecule has 0 bridgehead atoms. The predicted octanol–water partition coefficient (Wildman–Crippen LogP) is 2.73. The molecule has 0 fully saturated rings. The van der Waals surface area contributed by atoms with Crippen molar-refractivity contribution >= 4 is 6.08 Å². The van der Waals surface area contributed by atoms with Gasteiger partial charge in [-0.3, -0.25) is 10.1 Å². The molecule has 0 atom stereocenters. The van der Waals surface area contributed by atoms with Crippen molar-refractivity contribution in [2.24, 2.45) is 0 Å². The predicted molar refractivity (Wildman–Crippen MR) is 64.8 cm³/mol. The highest BCUT2D eigenvalue weighted by Gasteiger charge is 2.11. The average Bonchev–Trinajstić information content (AvgIpc) is 2.29. The highest BCUT2D eigenvalue weighted by molar-refractivity contribution is 5.63. The van der Waals surface area contributed by atoms with Crippen molar-refractivity contribution in [2.45, 2.75) is 13.8 Å². The SMILES string of the molecule is CCOc1cccc(/C=C(/C)[N+](=O)[O-])c1OC. The summed E-state index contributed by atoms with van der Waals surface area (Å²) in [6, 6.07) is 5.28. The van der Waals surface area contributed by atoms with Crippen LogP contribution in [0.4, 0.5) is 0 Å². The highest BCUT2D eigenvalue weighted by Crippen LogP contribution is 2.32. The minimum atomic E-state index is -0.438. The van der Waals surface area contributed by atoms with Crippen molar-refractivity contribution in [1.29, 1.82) is 0 Å². The van der Waals surface area contributed by atoms with E-state index in [2.05, 4.69) is 0 Å². The maximum atomic E-state index is 10.6. The number of hydrogen-bond donors (Lipinski definition) is 0. The molecule has 92 valence electrons. The summed E-state index contributed by atoms with van der Waals surface area (Å²) in [4.78, 5) is 10.1. The molecule has 0 aliphatic heterocycles. The van der Waals surface area contributed by atoms with E-state index < -0.39 is 4.92 Å². The molecule has 0 aromatic heterocycles. The standard InChI is InChI=1S/C12H15NO4/c1-4-17-11-7-5-6-10(12(11)16-3)8-9(2)13(14)15/h5-8H,4H2,1-3H3/b9-8-. The molecule has 0 aliphatic carbocycles.